The van der Waals surface area contributed by atoms with Crippen LogP contribution >= 0.6 is 0 Å². The highest BCUT2D eigenvalue weighted by atomic mass is 16.4. The van der Waals surface area contributed by atoms with Crippen molar-refractivity contribution in [2.24, 2.45) is 5.92 Å². The van der Waals surface area contributed by atoms with Gasteiger partial charge in [0.1, 0.15) is 0 Å². The fraction of sp³-hybridized carbons (Fsp3) is 0.400. The lowest BCUT2D eigenvalue weighted by atomic mass is 9.96. The Bertz CT molecular complexity index is 601. The molecule has 2 aliphatic rings. The van der Waals surface area contributed by atoms with Gasteiger partial charge in [0.25, 0.3) is 0 Å². The molecular formula is C15H15NO4. The van der Waals surface area contributed by atoms with E-state index in [2.05, 4.69) is 0 Å². The minimum atomic E-state index is -0.813. The van der Waals surface area contributed by atoms with E-state index in [-0.39, 0.29) is 24.2 Å². The van der Waals surface area contributed by atoms with Crippen LogP contribution in [0.2, 0.25) is 0 Å². The zero-order chi connectivity index (χ0) is 14.5. The average molecular weight is 273 g/mol. The number of anilines is 1. The summed E-state index contributed by atoms with van der Waals surface area (Å²) in [5.74, 6) is -1.49. The second-order valence-corrected chi connectivity index (χ2v) is 5.61. The molecule has 2 fully saturated rings. The Hall–Kier alpha value is -2.17. The van der Waals surface area contributed by atoms with Crippen molar-refractivity contribution in [2.45, 2.75) is 31.6 Å². The summed E-state index contributed by atoms with van der Waals surface area (Å²) in [5, 5.41) is 9.24. The molecule has 5 heteroatoms. The van der Waals surface area contributed by atoms with E-state index in [1.807, 2.05) is 0 Å². The van der Waals surface area contributed by atoms with Crippen LogP contribution in [0, 0.1) is 5.92 Å². The average Bonchev–Trinajstić information content (AvgIpc) is 3.16. The van der Waals surface area contributed by atoms with E-state index in [4.69, 9.17) is 0 Å². The third kappa shape index (κ3) is 1.73. The summed E-state index contributed by atoms with van der Waals surface area (Å²) in [5.41, 5.74) is 0.500. The Kier molecular flexibility index (Phi) is 2.67. The van der Waals surface area contributed by atoms with Gasteiger partial charge in [0, 0.05) is 12.3 Å². The van der Waals surface area contributed by atoms with E-state index in [1.165, 1.54) is 4.90 Å². The lowest BCUT2D eigenvalue weighted by molar-refractivity contribution is -0.140. The quantitative estimate of drug-likeness (QED) is 0.851. The summed E-state index contributed by atoms with van der Waals surface area (Å²) < 4.78 is 0. The van der Waals surface area contributed by atoms with Crippen LogP contribution in [-0.2, 0) is 19.8 Å². The first-order chi connectivity index (χ1) is 9.45. The molecule has 1 atom stereocenters. The maximum absolute atomic E-state index is 11.9. The van der Waals surface area contributed by atoms with E-state index < -0.39 is 11.4 Å². The first-order valence-corrected chi connectivity index (χ1v) is 6.66. The molecule has 104 valence electrons. The molecule has 20 heavy (non-hydrogen) atoms. The number of aliphatic carboxylic acids is 1. The van der Waals surface area contributed by atoms with Crippen LogP contribution in [0.1, 0.15) is 31.7 Å². The van der Waals surface area contributed by atoms with Gasteiger partial charge in [-0.25, -0.2) is 0 Å². The smallest absolute Gasteiger partial charge is 0.314 e. The minimum absolute atomic E-state index is 0.192. The molecule has 1 unspecified atom stereocenters. The minimum Gasteiger partial charge on any atom is -0.481 e. The maximum Gasteiger partial charge on any atom is 0.314 e. The predicted molar refractivity (Wildman–Crippen MR) is 71.3 cm³/mol. The van der Waals surface area contributed by atoms with E-state index in [1.54, 1.807) is 31.2 Å². The second-order valence-electron chi connectivity index (χ2n) is 5.61. The molecule has 1 saturated heterocycles. The molecule has 1 heterocycles. The first-order valence-electron chi connectivity index (χ1n) is 6.66. The Labute approximate surface area is 116 Å². The third-order valence-corrected chi connectivity index (χ3v) is 4.21. The number of carbonyl (C=O) groups excluding carboxylic acids is 2. The molecular weight excluding hydrogens is 258 g/mol. The molecule has 3 rings (SSSR count). The van der Waals surface area contributed by atoms with Crippen molar-refractivity contribution >= 4 is 23.5 Å². The molecule has 1 N–H and O–H groups in total. The fourth-order valence-corrected chi connectivity index (χ4v) is 2.74. The Morgan fingerprint density at radius 1 is 1.25 bits per heavy atom. The Morgan fingerprint density at radius 2 is 1.85 bits per heavy atom. The van der Waals surface area contributed by atoms with Gasteiger partial charge < -0.3 is 5.11 Å². The van der Waals surface area contributed by atoms with Crippen molar-refractivity contribution < 1.29 is 19.5 Å². The number of benzene rings is 1. The van der Waals surface area contributed by atoms with Crippen molar-refractivity contribution in [3.05, 3.63) is 29.8 Å². The maximum atomic E-state index is 11.9. The zero-order valence-corrected chi connectivity index (χ0v) is 11.1. The molecule has 1 aromatic rings. The molecule has 1 aromatic carbocycles. The van der Waals surface area contributed by atoms with E-state index in [0.29, 0.717) is 18.5 Å². The van der Waals surface area contributed by atoms with E-state index in [0.717, 1.165) is 5.56 Å². The lowest BCUT2D eigenvalue weighted by Gasteiger charge is -2.16. The van der Waals surface area contributed by atoms with Gasteiger partial charge >= 0.3 is 5.97 Å². The van der Waals surface area contributed by atoms with Gasteiger partial charge in [-0.3, -0.25) is 19.3 Å². The van der Waals surface area contributed by atoms with Crippen LogP contribution in [-0.4, -0.2) is 22.9 Å². The highest BCUT2D eigenvalue weighted by Crippen LogP contribution is 2.48. The van der Waals surface area contributed by atoms with Gasteiger partial charge in [-0.15, -0.1) is 0 Å². The molecule has 0 bridgehead atoms. The standard InChI is InChI=1S/C15H15NO4/c1-9-8-12(17)16(13(9)18)11-4-2-10(3-5-11)15(6-7-15)14(19)20/h2-5,9H,6-8H2,1H3,(H,19,20). The van der Waals surface area contributed by atoms with E-state index >= 15 is 0 Å². The van der Waals surface area contributed by atoms with Crippen molar-refractivity contribution in [3.8, 4) is 0 Å². The number of carbonyl (C=O) groups is 3. The van der Waals surface area contributed by atoms with Crippen LogP contribution < -0.4 is 4.90 Å². The van der Waals surface area contributed by atoms with Crippen LogP contribution in [0.4, 0.5) is 5.69 Å². The summed E-state index contributed by atoms with van der Waals surface area (Å²) in [6.45, 7) is 1.73. The molecule has 0 aromatic heterocycles. The molecule has 5 nitrogen and oxygen atoms in total. The summed E-state index contributed by atoms with van der Waals surface area (Å²) >= 11 is 0. The topological polar surface area (TPSA) is 74.7 Å². The predicted octanol–water partition coefficient (Wildman–Crippen LogP) is 1.70. The van der Waals surface area contributed by atoms with Gasteiger partial charge in [0.2, 0.25) is 11.8 Å². The normalized spacial score (nSPS) is 24.1. The number of nitrogens with zero attached hydrogens (tertiary/aromatic N) is 1. The van der Waals surface area contributed by atoms with Gasteiger partial charge in [0.15, 0.2) is 0 Å². The summed E-state index contributed by atoms with van der Waals surface area (Å²) in [6, 6.07) is 6.73. The number of rotatable bonds is 3. The molecule has 1 aliphatic heterocycles. The largest absolute Gasteiger partial charge is 0.481 e. The van der Waals surface area contributed by atoms with Gasteiger partial charge in [-0.1, -0.05) is 19.1 Å². The molecule has 0 spiro atoms. The fourth-order valence-electron chi connectivity index (χ4n) is 2.74. The van der Waals surface area contributed by atoms with Gasteiger partial charge in [0.05, 0.1) is 11.1 Å². The van der Waals surface area contributed by atoms with Crippen LogP contribution in [0.5, 0.6) is 0 Å². The van der Waals surface area contributed by atoms with Crippen LogP contribution in [0.25, 0.3) is 0 Å². The van der Waals surface area contributed by atoms with Crippen LogP contribution in [0.3, 0.4) is 0 Å². The lowest BCUT2D eigenvalue weighted by Crippen LogP contribution is -2.30. The van der Waals surface area contributed by atoms with Crippen molar-refractivity contribution in [3.63, 3.8) is 0 Å². The summed E-state index contributed by atoms with van der Waals surface area (Å²) in [7, 11) is 0. The van der Waals surface area contributed by atoms with Crippen LogP contribution in [0.15, 0.2) is 24.3 Å². The number of amides is 2. The summed E-state index contributed by atoms with van der Waals surface area (Å²) in [4.78, 5) is 36.2. The third-order valence-electron chi connectivity index (χ3n) is 4.21. The number of hydrogen-bond donors (Lipinski definition) is 1. The Balaban J connectivity index is 1.89. The molecule has 0 radical (unpaired) electrons. The number of carboxylic acids is 1. The molecule has 1 saturated carbocycles. The molecule has 2 amide bonds. The highest BCUT2D eigenvalue weighted by molar-refractivity contribution is 6.20. The second kappa shape index (κ2) is 4.16. The SMILES string of the molecule is CC1CC(=O)N(c2ccc(C3(C(=O)O)CC3)cc2)C1=O. The van der Waals surface area contributed by atoms with Gasteiger partial charge in [-0.2, -0.15) is 0 Å². The number of imide groups is 1. The van der Waals surface area contributed by atoms with Crippen molar-refractivity contribution in [1.29, 1.82) is 0 Å². The molecule has 1 aliphatic carbocycles. The monoisotopic (exact) mass is 273 g/mol. The number of carboxylic acid groups (broad SMARTS) is 1. The summed E-state index contributed by atoms with van der Waals surface area (Å²) in [6.07, 6.45) is 1.51. The Morgan fingerprint density at radius 3 is 2.25 bits per heavy atom. The van der Waals surface area contributed by atoms with E-state index in [9.17, 15) is 19.5 Å². The zero-order valence-electron chi connectivity index (χ0n) is 11.1. The number of hydrogen-bond acceptors (Lipinski definition) is 3. The highest BCUT2D eigenvalue weighted by Gasteiger charge is 2.51. The van der Waals surface area contributed by atoms with Crippen molar-refractivity contribution in [2.75, 3.05) is 4.90 Å². The first kappa shape index (κ1) is 12.8. The van der Waals surface area contributed by atoms with Crippen molar-refractivity contribution in [1.82, 2.24) is 0 Å². The van der Waals surface area contributed by atoms with Gasteiger partial charge in [-0.05, 0) is 30.5 Å².